The molecule has 2 aromatic carbocycles. The summed E-state index contributed by atoms with van der Waals surface area (Å²) in [6, 6.07) is 18.3. The van der Waals surface area contributed by atoms with Crippen LogP contribution >= 0.6 is 15.9 Å². The van der Waals surface area contributed by atoms with E-state index in [4.69, 9.17) is 10.2 Å². The lowest BCUT2D eigenvalue weighted by atomic mass is 10.1. The van der Waals surface area contributed by atoms with Crippen molar-refractivity contribution in [2.75, 3.05) is 13.2 Å². The molecule has 0 bridgehead atoms. The Morgan fingerprint density at radius 1 is 1.00 bits per heavy atom. The smallest absolute Gasteiger partial charge is 0.0615 e. The van der Waals surface area contributed by atoms with Gasteiger partial charge in [0.1, 0.15) is 0 Å². The van der Waals surface area contributed by atoms with Gasteiger partial charge in [0.15, 0.2) is 0 Å². The Kier molecular flexibility index (Phi) is 6.84. The first-order valence-electron chi connectivity index (χ1n) is 7.43. The van der Waals surface area contributed by atoms with Gasteiger partial charge < -0.3 is 10.2 Å². The normalized spacial score (nSPS) is 19.6. The monoisotopic (exact) mass is 360 g/mol. The SMILES string of the molecule is OCC=Cc1ccccc1.OC[C@@H]1C[C@H]1c1ccc(Br)cc1. The van der Waals surface area contributed by atoms with Crippen LogP contribution in [0.5, 0.6) is 0 Å². The Labute approximate surface area is 140 Å². The standard InChI is InChI=1S/C10H11BrO.C9H10O/c11-9-3-1-7(2-4-9)10-5-8(10)6-12;10-8-4-7-9-5-2-1-3-6-9/h1-4,8,10,12H,5-6H2;1-7,10H,8H2/t8-,10-;/m0./s1. The number of aliphatic hydroxyl groups excluding tert-OH is 2. The fourth-order valence-corrected chi connectivity index (χ4v) is 2.58. The lowest BCUT2D eigenvalue weighted by Crippen LogP contribution is -1.87. The molecule has 0 amide bonds. The van der Waals surface area contributed by atoms with Gasteiger partial charge >= 0.3 is 0 Å². The zero-order valence-corrected chi connectivity index (χ0v) is 14.0. The Bertz CT molecular complexity index is 578. The first-order chi connectivity index (χ1) is 10.7. The summed E-state index contributed by atoms with van der Waals surface area (Å²) in [5, 5.41) is 17.3. The van der Waals surface area contributed by atoms with Gasteiger partial charge in [-0.1, -0.05) is 70.5 Å². The first kappa shape index (κ1) is 16.9. The largest absolute Gasteiger partial charge is 0.396 e. The van der Waals surface area contributed by atoms with E-state index in [0.29, 0.717) is 18.4 Å². The second-order valence-electron chi connectivity index (χ2n) is 5.33. The highest BCUT2D eigenvalue weighted by atomic mass is 79.9. The Hall–Kier alpha value is -1.42. The molecule has 0 radical (unpaired) electrons. The molecule has 22 heavy (non-hydrogen) atoms. The molecule has 0 saturated heterocycles. The maximum atomic E-state index is 8.88. The average molecular weight is 361 g/mol. The van der Waals surface area contributed by atoms with Crippen molar-refractivity contribution >= 4 is 22.0 Å². The first-order valence-corrected chi connectivity index (χ1v) is 8.22. The van der Waals surface area contributed by atoms with E-state index < -0.39 is 0 Å². The zero-order chi connectivity index (χ0) is 15.8. The van der Waals surface area contributed by atoms with Crippen LogP contribution in [0.4, 0.5) is 0 Å². The summed E-state index contributed by atoms with van der Waals surface area (Å²) in [7, 11) is 0. The van der Waals surface area contributed by atoms with Crippen LogP contribution in [0.2, 0.25) is 0 Å². The van der Waals surface area contributed by atoms with Crippen LogP contribution in [0.25, 0.3) is 6.08 Å². The number of aliphatic hydroxyl groups is 2. The summed E-state index contributed by atoms with van der Waals surface area (Å²) in [5.41, 5.74) is 2.48. The van der Waals surface area contributed by atoms with Crippen molar-refractivity contribution in [3.05, 3.63) is 76.3 Å². The van der Waals surface area contributed by atoms with E-state index in [9.17, 15) is 0 Å². The molecular weight excluding hydrogens is 340 g/mol. The van der Waals surface area contributed by atoms with E-state index in [1.54, 1.807) is 6.08 Å². The lowest BCUT2D eigenvalue weighted by Gasteiger charge is -1.98. The van der Waals surface area contributed by atoms with Gasteiger partial charge in [-0.25, -0.2) is 0 Å². The summed E-state index contributed by atoms with van der Waals surface area (Å²) in [5.74, 6) is 1.13. The molecule has 1 aliphatic rings. The molecule has 2 nitrogen and oxygen atoms in total. The van der Waals surface area contributed by atoms with Crippen LogP contribution < -0.4 is 0 Å². The zero-order valence-electron chi connectivity index (χ0n) is 12.4. The molecule has 0 unspecified atom stereocenters. The molecule has 0 heterocycles. The maximum Gasteiger partial charge on any atom is 0.0615 e. The van der Waals surface area contributed by atoms with E-state index in [2.05, 4.69) is 40.2 Å². The minimum absolute atomic E-state index is 0.106. The fourth-order valence-electron chi connectivity index (χ4n) is 2.32. The molecule has 2 aromatic rings. The van der Waals surface area contributed by atoms with Crippen LogP contribution in [0.15, 0.2) is 65.1 Å². The predicted molar refractivity (Wildman–Crippen MR) is 94.6 cm³/mol. The van der Waals surface area contributed by atoms with Gasteiger partial charge in [0, 0.05) is 11.1 Å². The Morgan fingerprint density at radius 3 is 2.23 bits per heavy atom. The third kappa shape index (κ3) is 5.41. The van der Waals surface area contributed by atoms with Crippen LogP contribution in [-0.2, 0) is 0 Å². The lowest BCUT2D eigenvalue weighted by molar-refractivity contribution is 0.274. The Morgan fingerprint density at radius 2 is 1.68 bits per heavy atom. The minimum Gasteiger partial charge on any atom is -0.396 e. The van der Waals surface area contributed by atoms with Crippen molar-refractivity contribution in [1.82, 2.24) is 0 Å². The molecule has 2 N–H and O–H groups in total. The van der Waals surface area contributed by atoms with Crippen molar-refractivity contribution < 1.29 is 10.2 Å². The molecule has 3 heteroatoms. The van der Waals surface area contributed by atoms with E-state index in [0.717, 1.165) is 16.5 Å². The highest BCUT2D eigenvalue weighted by Gasteiger charge is 2.37. The summed E-state index contributed by atoms with van der Waals surface area (Å²) < 4.78 is 1.12. The van der Waals surface area contributed by atoms with E-state index >= 15 is 0 Å². The molecule has 0 aliphatic heterocycles. The second-order valence-corrected chi connectivity index (χ2v) is 6.25. The third-order valence-corrected chi connectivity index (χ3v) is 4.20. The van der Waals surface area contributed by atoms with Crippen molar-refractivity contribution in [1.29, 1.82) is 0 Å². The molecular formula is C19H21BrO2. The van der Waals surface area contributed by atoms with Crippen molar-refractivity contribution in [2.45, 2.75) is 12.3 Å². The number of hydrogen-bond acceptors (Lipinski definition) is 2. The Balaban J connectivity index is 0.000000164. The van der Waals surface area contributed by atoms with Crippen LogP contribution in [0, 0.1) is 5.92 Å². The summed E-state index contributed by atoms with van der Waals surface area (Å²) in [6.07, 6.45) is 4.76. The van der Waals surface area contributed by atoms with Gasteiger partial charge in [0.2, 0.25) is 0 Å². The molecule has 1 fully saturated rings. The second kappa shape index (κ2) is 8.89. The quantitative estimate of drug-likeness (QED) is 0.855. The molecule has 2 atom stereocenters. The topological polar surface area (TPSA) is 40.5 Å². The summed E-state index contributed by atoms with van der Waals surface area (Å²) in [4.78, 5) is 0. The number of hydrogen-bond donors (Lipinski definition) is 2. The van der Waals surface area contributed by atoms with Crippen molar-refractivity contribution in [2.24, 2.45) is 5.92 Å². The van der Waals surface area contributed by atoms with Gasteiger partial charge in [-0.2, -0.15) is 0 Å². The van der Waals surface area contributed by atoms with Gasteiger partial charge in [0.05, 0.1) is 6.61 Å². The van der Waals surface area contributed by atoms with Gasteiger partial charge in [-0.3, -0.25) is 0 Å². The number of halogens is 1. The molecule has 116 valence electrons. The number of benzene rings is 2. The fraction of sp³-hybridized carbons (Fsp3) is 0.263. The predicted octanol–water partition coefficient (Wildman–Crippen LogP) is 4.24. The summed E-state index contributed by atoms with van der Waals surface area (Å²) >= 11 is 3.40. The van der Waals surface area contributed by atoms with Crippen molar-refractivity contribution in [3.8, 4) is 0 Å². The van der Waals surface area contributed by atoms with Gasteiger partial charge in [-0.05, 0) is 41.5 Å². The van der Waals surface area contributed by atoms with Crippen LogP contribution in [-0.4, -0.2) is 23.4 Å². The van der Waals surface area contributed by atoms with Crippen molar-refractivity contribution in [3.63, 3.8) is 0 Å². The van der Waals surface area contributed by atoms with E-state index in [-0.39, 0.29) is 6.61 Å². The molecule has 1 aliphatic carbocycles. The van der Waals surface area contributed by atoms with E-state index in [1.807, 2.05) is 36.4 Å². The molecule has 1 saturated carbocycles. The highest BCUT2D eigenvalue weighted by molar-refractivity contribution is 9.10. The average Bonchev–Trinajstić information content (AvgIpc) is 3.35. The number of rotatable bonds is 4. The third-order valence-electron chi connectivity index (χ3n) is 3.67. The van der Waals surface area contributed by atoms with Crippen LogP contribution in [0.3, 0.4) is 0 Å². The van der Waals surface area contributed by atoms with Crippen LogP contribution in [0.1, 0.15) is 23.5 Å². The van der Waals surface area contributed by atoms with Gasteiger partial charge in [0.25, 0.3) is 0 Å². The highest BCUT2D eigenvalue weighted by Crippen LogP contribution is 2.46. The van der Waals surface area contributed by atoms with Gasteiger partial charge in [-0.15, -0.1) is 0 Å². The summed E-state index contributed by atoms with van der Waals surface area (Å²) in [6.45, 7) is 0.440. The molecule has 0 aromatic heterocycles. The molecule has 0 spiro atoms. The molecule has 3 rings (SSSR count). The van der Waals surface area contributed by atoms with E-state index in [1.165, 1.54) is 5.56 Å². The minimum atomic E-state index is 0.106. The maximum absolute atomic E-state index is 8.88.